The lowest BCUT2D eigenvalue weighted by atomic mass is 9.79. The maximum absolute atomic E-state index is 9.49. The van der Waals surface area contributed by atoms with E-state index >= 15 is 0 Å². The molecule has 0 bridgehead atoms. The van der Waals surface area contributed by atoms with Gasteiger partial charge in [0.1, 0.15) is 12.1 Å². The molecule has 1 aliphatic heterocycles. The minimum absolute atomic E-state index is 0.104. The summed E-state index contributed by atoms with van der Waals surface area (Å²) in [6.45, 7) is 3.83. The van der Waals surface area contributed by atoms with Crippen molar-refractivity contribution < 1.29 is 5.11 Å². The van der Waals surface area contributed by atoms with Gasteiger partial charge < -0.3 is 21.1 Å². The number of nitrogens with two attached hydrogens (primary N) is 1. The molecule has 1 aromatic rings. The van der Waals surface area contributed by atoms with Gasteiger partial charge in [-0.2, -0.15) is 0 Å². The van der Waals surface area contributed by atoms with E-state index in [2.05, 4.69) is 26.3 Å². The van der Waals surface area contributed by atoms with Gasteiger partial charge >= 0.3 is 0 Å². The summed E-state index contributed by atoms with van der Waals surface area (Å²) in [5.41, 5.74) is 6.94. The monoisotopic (exact) mass is 291 g/mol. The van der Waals surface area contributed by atoms with Crippen LogP contribution < -0.4 is 11.1 Å². The van der Waals surface area contributed by atoms with E-state index in [9.17, 15) is 5.11 Å². The molecule has 4 N–H and O–H groups in total. The summed E-state index contributed by atoms with van der Waals surface area (Å²) in [4.78, 5) is 11.0. The predicted molar refractivity (Wildman–Crippen MR) is 82.2 cm³/mol. The topological polar surface area (TPSA) is 87.3 Å². The Bertz CT molecular complexity index is 455. The van der Waals surface area contributed by atoms with Crippen LogP contribution in [0.3, 0.4) is 0 Å². The number of anilines is 1. The van der Waals surface area contributed by atoms with Crippen molar-refractivity contribution >= 4 is 5.82 Å². The van der Waals surface area contributed by atoms with Gasteiger partial charge in [-0.15, -0.1) is 0 Å². The Hall–Kier alpha value is -1.24. The third-order valence-electron chi connectivity index (χ3n) is 4.57. The van der Waals surface area contributed by atoms with Crippen molar-refractivity contribution in [2.75, 3.05) is 31.5 Å². The van der Waals surface area contributed by atoms with Gasteiger partial charge in [0.05, 0.1) is 6.10 Å². The van der Waals surface area contributed by atoms with Crippen LogP contribution in [0.15, 0.2) is 12.4 Å². The highest BCUT2D eigenvalue weighted by atomic mass is 16.3. The fourth-order valence-electron chi connectivity index (χ4n) is 3.08. The molecule has 6 nitrogen and oxygen atoms in total. The molecular weight excluding hydrogens is 266 g/mol. The quantitative estimate of drug-likeness (QED) is 0.734. The van der Waals surface area contributed by atoms with E-state index in [1.807, 2.05) is 0 Å². The zero-order valence-corrected chi connectivity index (χ0v) is 12.4. The summed E-state index contributed by atoms with van der Waals surface area (Å²) in [6.07, 6.45) is 5.38. The maximum atomic E-state index is 9.49. The average molecular weight is 291 g/mol. The number of nitrogens with zero attached hydrogens (tertiary/aromatic N) is 3. The Morgan fingerprint density at radius 1 is 1.29 bits per heavy atom. The predicted octanol–water partition coefficient (Wildman–Crippen LogP) is 0.550. The van der Waals surface area contributed by atoms with Crippen molar-refractivity contribution in [3.05, 3.63) is 18.1 Å². The number of likely N-dealkylation sites (tertiary alicyclic amines) is 1. The van der Waals surface area contributed by atoms with Crippen LogP contribution in [0.25, 0.3) is 0 Å². The first-order valence-electron chi connectivity index (χ1n) is 7.92. The molecule has 2 fully saturated rings. The minimum Gasteiger partial charge on any atom is -0.393 e. The SMILES string of the molecule is NC1CC(c2cc(NCCN3CCC(O)CC3)ncn2)C1. The molecule has 1 aromatic heterocycles. The highest BCUT2D eigenvalue weighted by Gasteiger charge is 2.28. The van der Waals surface area contributed by atoms with Crippen molar-refractivity contribution in [1.82, 2.24) is 14.9 Å². The normalized spacial score (nSPS) is 27.3. The molecule has 116 valence electrons. The number of hydrogen-bond acceptors (Lipinski definition) is 6. The molecule has 0 atom stereocenters. The third kappa shape index (κ3) is 3.90. The Morgan fingerprint density at radius 2 is 2.05 bits per heavy atom. The number of piperidine rings is 1. The van der Waals surface area contributed by atoms with Gasteiger partial charge in [0.25, 0.3) is 0 Å². The molecule has 2 aliphatic rings. The molecule has 3 rings (SSSR count). The van der Waals surface area contributed by atoms with Gasteiger partial charge in [-0.25, -0.2) is 9.97 Å². The van der Waals surface area contributed by atoms with E-state index in [0.717, 1.165) is 63.4 Å². The van der Waals surface area contributed by atoms with Crippen molar-refractivity contribution in [2.45, 2.75) is 43.7 Å². The summed E-state index contributed by atoms with van der Waals surface area (Å²) in [5, 5.41) is 12.9. The number of rotatable bonds is 5. The van der Waals surface area contributed by atoms with E-state index in [1.165, 1.54) is 0 Å². The van der Waals surface area contributed by atoms with Crippen LogP contribution in [-0.4, -0.2) is 58.3 Å². The summed E-state index contributed by atoms with van der Waals surface area (Å²) in [5.74, 6) is 1.41. The van der Waals surface area contributed by atoms with Crippen LogP contribution in [-0.2, 0) is 0 Å². The van der Waals surface area contributed by atoms with Crippen LogP contribution in [0.4, 0.5) is 5.82 Å². The second-order valence-corrected chi connectivity index (χ2v) is 6.26. The number of aliphatic hydroxyl groups is 1. The fraction of sp³-hybridized carbons (Fsp3) is 0.733. The average Bonchev–Trinajstić information content (AvgIpc) is 2.46. The van der Waals surface area contributed by atoms with Crippen LogP contribution >= 0.6 is 0 Å². The molecule has 21 heavy (non-hydrogen) atoms. The Balaban J connectivity index is 1.44. The molecule has 0 spiro atoms. The van der Waals surface area contributed by atoms with Crippen molar-refractivity contribution in [3.63, 3.8) is 0 Å². The number of aliphatic hydroxyl groups excluding tert-OH is 1. The Labute approximate surface area is 125 Å². The van der Waals surface area contributed by atoms with Gasteiger partial charge in [-0.05, 0) is 25.7 Å². The molecule has 6 heteroatoms. The second-order valence-electron chi connectivity index (χ2n) is 6.26. The summed E-state index contributed by atoms with van der Waals surface area (Å²) < 4.78 is 0. The van der Waals surface area contributed by atoms with E-state index in [0.29, 0.717) is 12.0 Å². The number of nitrogens with one attached hydrogen (secondary N) is 1. The van der Waals surface area contributed by atoms with Crippen LogP contribution in [0.5, 0.6) is 0 Å². The third-order valence-corrected chi connectivity index (χ3v) is 4.57. The van der Waals surface area contributed by atoms with E-state index in [4.69, 9.17) is 5.73 Å². The molecule has 0 radical (unpaired) electrons. The first-order chi connectivity index (χ1) is 10.2. The van der Waals surface area contributed by atoms with Crippen molar-refractivity contribution in [1.29, 1.82) is 0 Å². The molecule has 1 saturated heterocycles. The smallest absolute Gasteiger partial charge is 0.129 e. The summed E-state index contributed by atoms with van der Waals surface area (Å²) in [7, 11) is 0. The Kier molecular flexibility index (Phi) is 4.67. The van der Waals surface area contributed by atoms with Crippen molar-refractivity contribution in [3.8, 4) is 0 Å². The highest BCUT2D eigenvalue weighted by Crippen LogP contribution is 2.34. The molecule has 0 unspecified atom stereocenters. The molecule has 0 aromatic carbocycles. The Morgan fingerprint density at radius 3 is 2.76 bits per heavy atom. The van der Waals surface area contributed by atoms with Crippen LogP contribution in [0, 0.1) is 0 Å². The first-order valence-corrected chi connectivity index (χ1v) is 7.92. The fourth-order valence-corrected chi connectivity index (χ4v) is 3.08. The zero-order chi connectivity index (χ0) is 14.7. The van der Waals surface area contributed by atoms with Crippen LogP contribution in [0.2, 0.25) is 0 Å². The minimum atomic E-state index is -0.104. The van der Waals surface area contributed by atoms with Crippen LogP contribution in [0.1, 0.15) is 37.3 Å². The van der Waals surface area contributed by atoms with Gasteiger partial charge in [0.15, 0.2) is 0 Å². The zero-order valence-electron chi connectivity index (χ0n) is 12.4. The maximum Gasteiger partial charge on any atom is 0.129 e. The summed E-state index contributed by atoms with van der Waals surface area (Å²) >= 11 is 0. The second kappa shape index (κ2) is 6.68. The molecule has 2 heterocycles. The highest BCUT2D eigenvalue weighted by molar-refractivity contribution is 5.36. The van der Waals surface area contributed by atoms with E-state index in [-0.39, 0.29) is 6.10 Å². The van der Waals surface area contributed by atoms with E-state index in [1.54, 1.807) is 6.33 Å². The standard InChI is InChI=1S/C15H25N5O/c16-12-7-11(8-12)14-9-15(19-10-18-14)17-3-6-20-4-1-13(21)2-5-20/h9-13,21H,1-8,16H2,(H,17,18,19). The largest absolute Gasteiger partial charge is 0.393 e. The van der Waals surface area contributed by atoms with Gasteiger partial charge in [0, 0.05) is 49.9 Å². The van der Waals surface area contributed by atoms with Gasteiger partial charge in [-0.1, -0.05) is 0 Å². The van der Waals surface area contributed by atoms with Gasteiger partial charge in [-0.3, -0.25) is 0 Å². The van der Waals surface area contributed by atoms with Crippen molar-refractivity contribution in [2.24, 2.45) is 5.73 Å². The van der Waals surface area contributed by atoms with E-state index < -0.39 is 0 Å². The molecule has 1 aliphatic carbocycles. The number of aromatic nitrogens is 2. The molecule has 0 amide bonds. The molecule has 1 saturated carbocycles. The summed E-state index contributed by atoms with van der Waals surface area (Å²) in [6, 6.07) is 2.40. The molecular formula is C15H25N5O. The lowest BCUT2D eigenvalue weighted by molar-refractivity contribution is 0.0845. The lowest BCUT2D eigenvalue weighted by Gasteiger charge is -2.32. The van der Waals surface area contributed by atoms with Gasteiger partial charge in [0.2, 0.25) is 0 Å². The first kappa shape index (κ1) is 14.7. The lowest BCUT2D eigenvalue weighted by Crippen LogP contribution is -2.38. The number of hydrogen-bond donors (Lipinski definition) is 3.